The molecule has 1 aromatic carbocycles. The van der Waals surface area contributed by atoms with Gasteiger partial charge in [0.1, 0.15) is 12.4 Å². The Kier molecular flexibility index (Phi) is 5.58. The Bertz CT molecular complexity index is 537. The smallest absolute Gasteiger partial charge is 0.240 e. The molecule has 2 N–H and O–H groups in total. The monoisotopic (exact) mass is 315 g/mol. The number of hydrogen-bond acceptors (Lipinski definition) is 5. The van der Waals surface area contributed by atoms with Gasteiger partial charge >= 0.3 is 0 Å². The number of hydrogen-bond donors (Lipinski definition) is 2. The Morgan fingerprint density at radius 2 is 2.14 bits per heavy atom. The largest absolute Gasteiger partial charge is 0.491 e. The van der Waals surface area contributed by atoms with Gasteiger partial charge in [-0.3, -0.25) is 0 Å². The van der Waals surface area contributed by atoms with Gasteiger partial charge in [0, 0.05) is 18.6 Å². The van der Waals surface area contributed by atoms with Gasteiger partial charge in [-0.2, -0.15) is 0 Å². The molecule has 0 radical (unpaired) electrons. The van der Waals surface area contributed by atoms with E-state index in [9.17, 15) is 8.42 Å². The predicted octanol–water partition coefficient (Wildman–Crippen LogP) is 0.761. The van der Waals surface area contributed by atoms with E-state index in [0.717, 1.165) is 6.42 Å². The predicted molar refractivity (Wildman–Crippen MR) is 77.7 cm³/mol. The molecule has 6 nitrogen and oxygen atoms in total. The van der Waals surface area contributed by atoms with Gasteiger partial charge in [0.05, 0.1) is 18.1 Å². The van der Waals surface area contributed by atoms with E-state index in [2.05, 4.69) is 4.72 Å². The standard InChI is InChI=1S/C14H21NO5S/c1-11(12-6-8-19-10-12)15-21(17,18)14-4-2-13(3-5-14)20-9-7-16/h2-5,11-12,15-16H,6-10H2,1H3. The van der Waals surface area contributed by atoms with E-state index in [1.165, 1.54) is 12.1 Å². The van der Waals surface area contributed by atoms with E-state index in [4.69, 9.17) is 14.6 Å². The molecule has 1 aliphatic heterocycles. The van der Waals surface area contributed by atoms with Crippen molar-refractivity contribution in [2.75, 3.05) is 26.4 Å². The third-order valence-electron chi connectivity index (χ3n) is 3.51. The molecule has 2 atom stereocenters. The van der Waals surface area contributed by atoms with E-state index in [1.54, 1.807) is 12.1 Å². The molecule has 2 rings (SSSR count). The number of aliphatic hydroxyl groups is 1. The second-order valence-electron chi connectivity index (χ2n) is 5.08. The zero-order valence-corrected chi connectivity index (χ0v) is 12.8. The molecule has 1 heterocycles. The van der Waals surface area contributed by atoms with Crippen molar-refractivity contribution in [3.8, 4) is 5.75 Å². The second kappa shape index (κ2) is 7.22. The number of sulfonamides is 1. The van der Waals surface area contributed by atoms with Gasteiger partial charge in [-0.1, -0.05) is 0 Å². The molecular formula is C14H21NO5S. The zero-order valence-electron chi connectivity index (χ0n) is 12.0. The Hall–Kier alpha value is -1.15. The normalized spacial score (nSPS) is 20.4. The lowest BCUT2D eigenvalue weighted by atomic mass is 10.0. The first-order chi connectivity index (χ1) is 10.0. The van der Waals surface area contributed by atoms with Crippen LogP contribution in [0.2, 0.25) is 0 Å². The van der Waals surface area contributed by atoms with Gasteiger partial charge < -0.3 is 14.6 Å². The lowest BCUT2D eigenvalue weighted by molar-refractivity contribution is 0.180. The number of ether oxygens (including phenoxy) is 2. The molecule has 21 heavy (non-hydrogen) atoms. The molecule has 1 fully saturated rings. The third kappa shape index (κ3) is 4.41. The molecule has 0 aromatic heterocycles. The summed E-state index contributed by atoms with van der Waals surface area (Å²) >= 11 is 0. The number of aliphatic hydroxyl groups excluding tert-OH is 1. The first-order valence-corrected chi connectivity index (χ1v) is 8.45. The van der Waals surface area contributed by atoms with Crippen molar-refractivity contribution in [1.29, 1.82) is 0 Å². The highest BCUT2D eigenvalue weighted by Crippen LogP contribution is 2.20. The van der Waals surface area contributed by atoms with Crippen LogP contribution in [0.25, 0.3) is 0 Å². The summed E-state index contributed by atoms with van der Waals surface area (Å²) in [5.74, 6) is 0.743. The third-order valence-corrected chi connectivity index (χ3v) is 5.08. The van der Waals surface area contributed by atoms with Crippen LogP contribution in [0, 0.1) is 5.92 Å². The lowest BCUT2D eigenvalue weighted by Gasteiger charge is -2.19. The number of nitrogens with one attached hydrogen (secondary N) is 1. The quantitative estimate of drug-likeness (QED) is 0.776. The minimum atomic E-state index is -3.54. The molecule has 1 aromatic rings. The van der Waals surface area contributed by atoms with Gasteiger partial charge in [0.15, 0.2) is 0 Å². The van der Waals surface area contributed by atoms with E-state index < -0.39 is 10.0 Å². The zero-order chi connectivity index (χ0) is 15.3. The van der Waals surface area contributed by atoms with Crippen molar-refractivity contribution < 1.29 is 23.0 Å². The summed E-state index contributed by atoms with van der Waals surface area (Å²) in [5, 5.41) is 8.67. The molecule has 0 spiro atoms. The summed E-state index contributed by atoms with van der Waals surface area (Å²) in [6, 6.07) is 5.98. The molecule has 1 saturated heterocycles. The number of benzene rings is 1. The highest BCUT2D eigenvalue weighted by molar-refractivity contribution is 7.89. The number of rotatable bonds is 7. The molecule has 0 aliphatic carbocycles. The summed E-state index contributed by atoms with van der Waals surface area (Å²) in [7, 11) is -3.54. The van der Waals surface area contributed by atoms with Gasteiger partial charge in [0.2, 0.25) is 10.0 Å². The summed E-state index contributed by atoms with van der Waals surface area (Å²) in [6.07, 6.45) is 0.873. The lowest BCUT2D eigenvalue weighted by Crippen LogP contribution is -2.38. The molecule has 7 heteroatoms. The van der Waals surface area contributed by atoms with E-state index in [1.807, 2.05) is 6.92 Å². The molecule has 2 unspecified atom stereocenters. The minimum absolute atomic E-state index is 0.0808. The molecule has 118 valence electrons. The Morgan fingerprint density at radius 1 is 1.43 bits per heavy atom. The fourth-order valence-electron chi connectivity index (χ4n) is 2.23. The molecule has 0 saturated carbocycles. The maximum Gasteiger partial charge on any atom is 0.240 e. The van der Waals surface area contributed by atoms with Crippen LogP contribution in [0.5, 0.6) is 5.75 Å². The van der Waals surface area contributed by atoms with Crippen molar-refractivity contribution in [2.24, 2.45) is 5.92 Å². The van der Waals surface area contributed by atoms with Gasteiger partial charge in [0.25, 0.3) is 0 Å². The van der Waals surface area contributed by atoms with Crippen molar-refractivity contribution in [3.05, 3.63) is 24.3 Å². The van der Waals surface area contributed by atoms with Crippen molar-refractivity contribution in [3.63, 3.8) is 0 Å². The van der Waals surface area contributed by atoms with Gasteiger partial charge in [-0.25, -0.2) is 13.1 Å². The van der Waals surface area contributed by atoms with Crippen LogP contribution in [0.4, 0.5) is 0 Å². The fourth-order valence-corrected chi connectivity index (χ4v) is 3.55. The minimum Gasteiger partial charge on any atom is -0.491 e. The molecule has 0 bridgehead atoms. The molecular weight excluding hydrogens is 294 g/mol. The maximum atomic E-state index is 12.3. The van der Waals surface area contributed by atoms with E-state index in [-0.39, 0.29) is 30.1 Å². The summed E-state index contributed by atoms with van der Waals surface area (Å²) < 4.78 is 37.8. The highest BCUT2D eigenvalue weighted by Gasteiger charge is 2.26. The van der Waals surface area contributed by atoms with Crippen LogP contribution >= 0.6 is 0 Å². The molecule has 0 amide bonds. The summed E-state index contributed by atoms with van der Waals surface area (Å²) in [6.45, 7) is 3.24. The first kappa shape index (κ1) is 16.2. The van der Waals surface area contributed by atoms with Crippen LogP contribution in [0.3, 0.4) is 0 Å². The molecule has 1 aliphatic rings. The van der Waals surface area contributed by atoms with Crippen LogP contribution < -0.4 is 9.46 Å². The maximum absolute atomic E-state index is 12.3. The van der Waals surface area contributed by atoms with Crippen molar-refractivity contribution in [2.45, 2.75) is 24.3 Å². The van der Waals surface area contributed by atoms with Gasteiger partial charge in [-0.05, 0) is 37.6 Å². The topological polar surface area (TPSA) is 84.9 Å². The highest BCUT2D eigenvalue weighted by atomic mass is 32.2. The SMILES string of the molecule is CC(NS(=O)(=O)c1ccc(OCCO)cc1)C1CCOC1. The van der Waals surface area contributed by atoms with Crippen LogP contribution in [0.15, 0.2) is 29.2 Å². The van der Waals surface area contributed by atoms with Gasteiger partial charge in [-0.15, -0.1) is 0 Å². The van der Waals surface area contributed by atoms with Crippen LogP contribution in [-0.4, -0.2) is 46.0 Å². The van der Waals surface area contributed by atoms with Crippen LogP contribution in [-0.2, 0) is 14.8 Å². The van der Waals surface area contributed by atoms with Crippen molar-refractivity contribution >= 4 is 10.0 Å². The fraction of sp³-hybridized carbons (Fsp3) is 0.571. The van der Waals surface area contributed by atoms with E-state index in [0.29, 0.717) is 19.0 Å². The first-order valence-electron chi connectivity index (χ1n) is 6.97. The average molecular weight is 315 g/mol. The Balaban J connectivity index is 2.01. The second-order valence-corrected chi connectivity index (χ2v) is 6.79. The Labute approximate surface area is 125 Å². The Morgan fingerprint density at radius 3 is 2.71 bits per heavy atom. The van der Waals surface area contributed by atoms with Crippen LogP contribution in [0.1, 0.15) is 13.3 Å². The summed E-state index contributed by atoms with van der Waals surface area (Å²) in [5.41, 5.74) is 0. The van der Waals surface area contributed by atoms with Crippen molar-refractivity contribution in [1.82, 2.24) is 4.72 Å². The summed E-state index contributed by atoms with van der Waals surface area (Å²) in [4.78, 5) is 0.199. The van der Waals surface area contributed by atoms with E-state index >= 15 is 0 Å². The average Bonchev–Trinajstić information content (AvgIpc) is 2.99.